The van der Waals surface area contributed by atoms with Crippen LogP contribution in [-0.2, 0) is 6.42 Å². The van der Waals surface area contributed by atoms with Gasteiger partial charge in [0.05, 0.1) is 0 Å². The van der Waals surface area contributed by atoms with Crippen LogP contribution in [0.15, 0.2) is 36.7 Å². The largest absolute Gasteiger partial charge is 0.264 e. The first-order chi connectivity index (χ1) is 7.93. The molecule has 0 unspecified atom stereocenters. The van der Waals surface area contributed by atoms with E-state index in [9.17, 15) is 0 Å². The van der Waals surface area contributed by atoms with Gasteiger partial charge in [0.15, 0.2) is 0 Å². The maximum absolute atomic E-state index is 4.12. The summed E-state index contributed by atoms with van der Waals surface area (Å²) >= 11 is 3.41. The Morgan fingerprint density at radius 1 is 1.12 bits per heavy atom. The van der Waals surface area contributed by atoms with Gasteiger partial charge in [-0.3, -0.25) is 4.98 Å². The molecule has 88 valence electrons. The van der Waals surface area contributed by atoms with Crippen molar-refractivity contribution < 1.29 is 0 Å². The van der Waals surface area contributed by atoms with Crippen LogP contribution in [0.1, 0.15) is 37.7 Å². The first-order valence-electron chi connectivity index (χ1n) is 6.03. The van der Waals surface area contributed by atoms with Gasteiger partial charge >= 0.3 is 0 Å². The Labute approximate surface area is 107 Å². The molecule has 0 aliphatic rings. The predicted molar refractivity (Wildman–Crippen MR) is 74.0 cm³/mol. The summed E-state index contributed by atoms with van der Waals surface area (Å²) in [6, 6.07) is 4.17. The zero-order valence-corrected chi connectivity index (χ0v) is 11.3. The van der Waals surface area contributed by atoms with E-state index < -0.39 is 0 Å². The Kier molecular flexibility index (Phi) is 8.05. The minimum Gasteiger partial charge on any atom is -0.264 e. The highest BCUT2D eigenvalue weighted by Crippen LogP contribution is 2.07. The van der Waals surface area contributed by atoms with Gasteiger partial charge in [-0.05, 0) is 43.7 Å². The van der Waals surface area contributed by atoms with Crippen molar-refractivity contribution in [1.82, 2.24) is 4.98 Å². The third-order valence-electron chi connectivity index (χ3n) is 2.50. The predicted octanol–water partition coefficient (Wildman–Crippen LogP) is 4.53. The molecule has 0 spiro atoms. The summed E-state index contributed by atoms with van der Waals surface area (Å²) in [4.78, 5) is 4.12. The van der Waals surface area contributed by atoms with E-state index in [0.29, 0.717) is 0 Å². The molecule has 0 radical (unpaired) electrons. The number of rotatable bonds is 8. The van der Waals surface area contributed by atoms with Crippen LogP contribution in [0.25, 0.3) is 0 Å². The highest BCUT2D eigenvalue weighted by atomic mass is 79.9. The maximum atomic E-state index is 4.12. The van der Waals surface area contributed by atoms with Crippen molar-refractivity contribution in [2.45, 2.75) is 38.5 Å². The molecule has 0 bridgehead atoms. The molecule has 1 aromatic rings. The van der Waals surface area contributed by atoms with Gasteiger partial charge in [-0.15, -0.1) is 0 Å². The van der Waals surface area contributed by atoms with Crippen LogP contribution in [0, 0.1) is 0 Å². The monoisotopic (exact) mass is 281 g/mol. The van der Waals surface area contributed by atoms with Crippen molar-refractivity contribution in [3.63, 3.8) is 0 Å². The molecule has 0 aliphatic heterocycles. The third-order valence-corrected chi connectivity index (χ3v) is 2.96. The number of hydrogen-bond acceptors (Lipinski definition) is 1. The summed E-state index contributed by atoms with van der Waals surface area (Å²) in [5, 5.41) is 1.07. The van der Waals surface area contributed by atoms with E-state index in [1.165, 1.54) is 37.7 Å². The molecule has 0 atom stereocenters. The van der Waals surface area contributed by atoms with Gasteiger partial charge in [0.25, 0.3) is 0 Å². The molecule has 0 fully saturated rings. The van der Waals surface area contributed by atoms with E-state index in [1.807, 2.05) is 18.5 Å². The number of allylic oxidation sites excluding steroid dienone is 2. The maximum Gasteiger partial charge on any atom is 0.0299 e. The molecule has 2 heteroatoms. The van der Waals surface area contributed by atoms with Crippen molar-refractivity contribution in [2.24, 2.45) is 0 Å². The molecule has 0 saturated carbocycles. The van der Waals surface area contributed by atoms with E-state index in [1.54, 1.807) is 0 Å². The summed E-state index contributed by atoms with van der Waals surface area (Å²) in [5.74, 6) is 0. The number of halogens is 1. The Morgan fingerprint density at radius 3 is 2.75 bits per heavy atom. The quantitative estimate of drug-likeness (QED) is 0.388. The normalized spacial score (nSPS) is 11.1. The van der Waals surface area contributed by atoms with Crippen LogP contribution in [0.3, 0.4) is 0 Å². The number of pyridine rings is 1. The Morgan fingerprint density at radius 2 is 2.00 bits per heavy atom. The zero-order valence-electron chi connectivity index (χ0n) is 9.74. The van der Waals surface area contributed by atoms with E-state index >= 15 is 0 Å². The van der Waals surface area contributed by atoms with Gasteiger partial charge in [-0.25, -0.2) is 0 Å². The van der Waals surface area contributed by atoms with E-state index in [-0.39, 0.29) is 0 Å². The van der Waals surface area contributed by atoms with E-state index in [0.717, 1.165) is 11.8 Å². The molecule has 1 heterocycles. The Hall–Kier alpha value is -0.630. The molecule has 0 saturated heterocycles. The number of aryl methyl sites for hydroxylation is 1. The molecule has 1 nitrogen and oxygen atoms in total. The van der Waals surface area contributed by atoms with Gasteiger partial charge in [0.1, 0.15) is 0 Å². The second kappa shape index (κ2) is 9.59. The number of unbranched alkanes of at least 4 members (excludes halogenated alkanes) is 3. The molecule has 1 rings (SSSR count). The molecule has 0 amide bonds. The van der Waals surface area contributed by atoms with Crippen molar-refractivity contribution in [3.05, 3.63) is 42.2 Å². The number of alkyl halides is 1. The summed E-state index contributed by atoms with van der Waals surface area (Å²) in [7, 11) is 0. The van der Waals surface area contributed by atoms with Crippen LogP contribution >= 0.6 is 15.9 Å². The standard InChI is InChI=1S/C14H20BrN/c15-11-7-5-3-1-2-4-6-9-14-10-8-12-16-13-14/h3,5,8,10,12-13H,1-2,4,6-7,9,11H2/b5-3+. The highest BCUT2D eigenvalue weighted by molar-refractivity contribution is 9.09. The molecular formula is C14H20BrN. The Bertz CT molecular complexity index is 282. The molecule has 0 aromatic carbocycles. The second-order valence-corrected chi connectivity index (χ2v) is 4.70. The smallest absolute Gasteiger partial charge is 0.0299 e. The van der Waals surface area contributed by atoms with Crippen molar-refractivity contribution in [1.29, 1.82) is 0 Å². The third kappa shape index (κ3) is 6.78. The fraction of sp³-hybridized carbons (Fsp3) is 0.500. The van der Waals surface area contributed by atoms with Gasteiger partial charge in [-0.1, -0.05) is 40.6 Å². The summed E-state index contributed by atoms with van der Waals surface area (Å²) < 4.78 is 0. The highest BCUT2D eigenvalue weighted by Gasteiger charge is 1.92. The summed E-state index contributed by atoms with van der Waals surface area (Å²) in [5.41, 5.74) is 1.36. The lowest BCUT2D eigenvalue weighted by Crippen LogP contribution is -1.86. The molecule has 1 aromatic heterocycles. The van der Waals surface area contributed by atoms with E-state index in [2.05, 4.69) is 39.1 Å². The SMILES string of the molecule is BrCC/C=C/CCCCCc1cccnc1. The molecule has 0 aliphatic carbocycles. The average Bonchev–Trinajstić information content (AvgIpc) is 2.34. The zero-order chi connectivity index (χ0) is 11.5. The first kappa shape index (κ1) is 13.4. The van der Waals surface area contributed by atoms with Crippen molar-refractivity contribution in [2.75, 3.05) is 5.33 Å². The lowest BCUT2D eigenvalue weighted by Gasteiger charge is -1.99. The van der Waals surface area contributed by atoms with Crippen LogP contribution in [0.4, 0.5) is 0 Å². The fourth-order valence-electron chi connectivity index (χ4n) is 1.61. The van der Waals surface area contributed by atoms with Crippen molar-refractivity contribution in [3.8, 4) is 0 Å². The number of hydrogen-bond donors (Lipinski definition) is 0. The summed E-state index contributed by atoms with van der Waals surface area (Å²) in [6.07, 6.45) is 15.8. The lowest BCUT2D eigenvalue weighted by molar-refractivity contribution is 0.685. The minimum atomic E-state index is 1.07. The van der Waals surface area contributed by atoms with Crippen LogP contribution in [0.5, 0.6) is 0 Å². The number of nitrogens with zero attached hydrogens (tertiary/aromatic N) is 1. The van der Waals surface area contributed by atoms with Gasteiger partial charge in [-0.2, -0.15) is 0 Å². The molecule has 16 heavy (non-hydrogen) atoms. The fourth-order valence-corrected chi connectivity index (χ4v) is 1.88. The molecule has 0 N–H and O–H groups in total. The van der Waals surface area contributed by atoms with Crippen LogP contribution in [0.2, 0.25) is 0 Å². The van der Waals surface area contributed by atoms with Gasteiger partial charge in [0, 0.05) is 17.7 Å². The topological polar surface area (TPSA) is 12.9 Å². The lowest BCUT2D eigenvalue weighted by atomic mass is 10.1. The van der Waals surface area contributed by atoms with Crippen LogP contribution in [-0.4, -0.2) is 10.3 Å². The van der Waals surface area contributed by atoms with E-state index in [4.69, 9.17) is 0 Å². The molecular weight excluding hydrogens is 262 g/mol. The average molecular weight is 282 g/mol. The summed E-state index contributed by atoms with van der Waals surface area (Å²) in [6.45, 7) is 0. The minimum absolute atomic E-state index is 1.07. The first-order valence-corrected chi connectivity index (χ1v) is 7.15. The number of aromatic nitrogens is 1. The Balaban J connectivity index is 1.96. The van der Waals surface area contributed by atoms with Gasteiger partial charge < -0.3 is 0 Å². The van der Waals surface area contributed by atoms with Crippen molar-refractivity contribution >= 4 is 15.9 Å². The van der Waals surface area contributed by atoms with Crippen LogP contribution < -0.4 is 0 Å². The van der Waals surface area contributed by atoms with Gasteiger partial charge in [0.2, 0.25) is 0 Å². The second-order valence-electron chi connectivity index (χ2n) is 3.91.